The van der Waals surface area contributed by atoms with Gasteiger partial charge in [-0.2, -0.15) is 0 Å². The van der Waals surface area contributed by atoms with Crippen molar-refractivity contribution in [3.63, 3.8) is 0 Å². The van der Waals surface area contributed by atoms with Crippen LogP contribution in [0.15, 0.2) is 5.16 Å². The first-order chi connectivity index (χ1) is 8.67. The molecule has 0 aromatic carbocycles. The summed E-state index contributed by atoms with van der Waals surface area (Å²) in [5.41, 5.74) is 0. The Hall–Kier alpha value is -1.48. The first-order valence-electron chi connectivity index (χ1n) is 5.31. The van der Waals surface area contributed by atoms with Crippen molar-refractivity contribution < 1.29 is 4.79 Å². The van der Waals surface area contributed by atoms with Crippen molar-refractivity contribution in [1.82, 2.24) is 25.4 Å². The number of hydrogen-bond acceptors (Lipinski definition) is 7. The molecule has 0 aliphatic carbocycles. The van der Waals surface area contributed by atoms with E-state index in [4.69, 9.17) is 0 Å². The van der Waals surface area contributed by atoms with Crippen LogP contribution in [0.1, 0.15) is 17.8 Å². The smallest absolute Gasteiger partial charge is 0.236 e. The number of thioether (sulfide) groups is 1. The highest BCUT2D eigenvalue weighted by Gasteiger charge is 2.09. The van der Waals surface area contributed by atoms with E-state index in [0.717, 1.165) is 17.3 Å². The summed E-state index contributed by atoms with van der Waals surface area (Å²) in [5, 5.41) is 19.0. The minimum atomic E-state index is -0.140. The Labute approximate surface area is 112 Å². The lowest BCUT2D eigenvalue weighted by Crippen LogP contribution is -2.13. The summed E-state index contributed by atoms with van der Waals surface area (Å²) in [6, 6.07) is 0. The fourth-order valence-electron chi connectivity index (χ4n) is 1.13. The van der Waals surface area contributed by atoms with Gasteiger partial charge in [0.2, 0.25) is 16.2 Å². The van der Waals surface area contributed by atoms with Crippen LogP contribution in [-0.4, -0.2) is 37.0 Å². The van der Waals surface area contributed by atoms with Gasteiger partial charge in [-0.25, -0.2) is 4.98 Å². The average Bonchev–Trinajstić information content (AvgIpc) is 2.95. The molecule has 0 saturated heterocycles. The van der Waals surface area contributed by atoms with E-state index in [1.807, 2.05) is 13.8 Å². The van der Waals surface area contributed by atoms with E-state index in [9.17, 15) is 4.79 Å². The summed E-state index contributed by atoms with van der Waals surface area (Å²) in [4.78, 5) is 15.8. The first-order valence-corrected chi connectivity index (χ1v) is 7.11. The molecule has 0 fully saturated rings. The number of amides is 1. The highest BCUT2D eigenvalue weighted by Crippen LogP contribution is 2.16. The Kier molecular flexibility index (Phi) is 4.26. The molecule has 1 amide bonds. The largest absolute Gasteiger partial charge is 0.300 e. The second kappa shape index (κ2) is 5.91. The highest BCUT2D eigenvalue weighted by molar-refractivity contribution is 7.99. The van der Waals surface area contributed by atoms with Crippen molar-refractivity contribution in [2.45, 2.75) is 25.4 Å². The van der Waals surface area contributed by atoms with Crippen LogP contribution in [0.4, 0.5) is 5.13 Å². The fraction of sp³-hybridized carbons (Fsp3) is 0.444. The van der Waals surface area contributed by atoms with E-state index < -0.39 is 0 Å². The number of carbonyl (C=O) groups excluding carboxylic acids is 1. The van der Waals surface area contributed by atoms with Crippen molar-refractivity contribution in [3.05, 3.63) is 10.8 Å². The summed E-state index contributed by atoms with van der Waals surface area (Å²) in [6.45, 7) is 3.82. The molecular weight excluding hydrogens is 272 g/mol. The van der Waals surface area contributed by atoms with Crippen LogP contribution >= 0.6 is 23.1 Å². The summed E-state index contributed by atoms with van der Waals surface area (Å²) in [5.74, 6) is 0.927. The second-order valence-electron chi connectivity index (χ2n) is 3.38. The van der Waals surface area contributed by atoms with Crippen molar-refractivity contribution in [2.75, 3.05) is 11.1 Å². The second-order valence-corrected chi connectivity index (χ2v) is 5.51. The van der Waals surface area contributed by atoms with Crippen LogP contribution in [0.5, 0.6) is 0 Å². The monoisotopic (exact) mass is 284 g/mol. The van der Waals surface area contributed by atoms with Crippen molar-refractivity contribution in [1.29, 1.82) is 0 Å². The van der Waals surface area contributed by atoms with E-state index in [2.05, 4.69) is 30.7 Å². The Balaban J connectivity index is 1.81. The summed E-state index contributed by atoms with van der Waals surface area (Å²) in [7, 11) is 0. The maximum absolute atomic E-state index is 11.6. The van der Waals surface area contributed by atoms with E-state index in [-0.39, 0.29) is 11.7 Å². The van der Waals surface area contributed by atoms with Crippen molar-refractivity contribution in [3.8, 4) is 0 Å². The van der Waals surface area contributed by atoms with Crippen LogP contribution in [0, 0.1) is 6.92 Å². The SMILES string of the molecule is CCc1nc(SCC(=O)Nc2nnc(C)s2)n[nH]1. The minimum Gasteiger partial charge on any atom is -0.300 e. The lowest BCUT2D eigenvalue weighted by Gasteiger charge is -1.97. The maximum atomic E-state index is 11.6. The predicted molar refractivity (Wildman–Crippen MR) is 69.8 cm³/mol. The molecule has 0 aliphatic heterocycles. The number of H-pyrrole nitrogens is 1. The van der Waals surface area contributed by atoms with Gasteiger partial charge >= 0.3 is 0 Å². The minimum absolute atomic E-state index is 0.140. The van der Waals surface area contributed by atoms with Gasteiger partial charge in [-0.1, -0.05) is 30.0 Å². The van der Waals surface area contributed by atoms with E-state index in [1.54, 1.807) is 0 Å². The maximum Gasteiger partial charge on any atom is 0.236 e. The van der Waals surface area contributed by atoms with E-state index in [0.29, 0.717) is 10.3 Å². The fourth-order valence-corrected chi connectivity index (χ4v) is 2.36. The average molecular weight is 284 g/mol. The normalized spacial score (nSPS) is 10.6. The van der Waals surface area contributed by atoms with Gasteiger partial charge in [-0.15, -0.1) is 15.3 Å². The number of hydrogen-bond donors (Lipinski definition) is 2. The van der Waals surface area contributed by atoms with Crippen LogP contribution in [0.25, 0.3) is 0 Å². The van der Waals surface area contributed by atoms with Crippen LogP contribution in [-0.2, 0) is 11.2 Å². The quantitative estimate of drug-likeness (QED) is 0.802. The Morgan fingerprint density at radius 1 is 1.50 bits per heavy atom. The molecule has 0 bridgehead atoms. The zero-order valence-electron chi connectivity index (χ0n) is 9.93. The van der Waals surface area contributed by atoms with Gasteiger partial charge in [-0.05, 0) is 6.92 Å². The standard InChI is InChI=1S/C9H12N6OS2/c1-3-6-10-8(14-13-6)17-4-7(16)11-9-15-12-5(2)18-9/h3-4H2,1-2H3,(H,10,13,14)(H,11,15,16). The molecule has 2 N–H and O–H groups in total. The molecule has 0 atom stereocenters. The van der Waals surface area contributed by atoms with Crippen LogP contribution in [0.3, 0.4) is 0 Å². The van der Waals surface area contributed by atoms with E-state index >= 15 is 0 Å². The summed E-state index contributed by atoms with van der Waals surface area (Å²) in [6.07, 6.45) is 0.795. The van der Waals surface area contributed by atoms with Crippen LogP contribution < -0.4 is 5.32 Å². The molecule has 0 aliphatic rings. The number of aromatic nitrogens is 5. The highest BCUT2D eigenvalue weighted by atomic mass is 32.2. The Bertz CT molecular complexity index is 537. The number of nitrogens with zero attached hydrogens (tertiary/aromatic N) is 4. The van der Waals surface area contributed by atoms with E-state index in [1.165, 1.54) is 23.1 Å². The zero-order valence-corrected chi connectivity index (χ0v) is 11.6. The molecule has 96 valence electrons. The molecule has 7 nitrogen and oxygen atoms in total. The molecule has 0 radical (unpaired) electrons. The molecule has 2 aromatic heterocycles. The number of aryl methyl sites for hydroxylation is 2. The van der Waals surface area contributed by atoms with Crippen molar-refractivity contribution >= 4 is 34.1 Å². The topological polar surface area (TPSA) is 96.5 Å². The number of nitrogens with one attached hydrogen (secondary N) is 2. The van der Waals surface area contributed by atoms with Crippen LogP contribution in [0.2, 0.25) is 0 Å². The van der Waals surface area contributed by atoms with Gasteiger partial charge in [0.1, 0.15) is 10.8 Å². The first kappa shape index (κ1) is 13.0. The third-order valence-corrected chi connectivity index (χ3v) is 3.55. The lowest BCUT2D eigenvalue weighted by atomic mass is 10.5. The van der Waals surface area contributed by atoms with Crippen molar-refractivity contribution in [2.24, 2.45) is 0 Å². The van der Waals surface area contributed by atoms with Gasteiger partial charge in [0, 0.05) is 6.42 Å². The van der Waals surface area contributed by atoms with Gasteiger partial charge < -0.3 is 0 Å². The van der Waals surface area contributed by atoms with Gasteiger partial charge in [0.15, 0.2) is 0 Å². The van der Waals surface area contributed by atoms with Gasteiger partial charge in [-0.3, -0.25) is 15.2 Å². The third-order valence-electron chi connectivity index (χ3n) is 1.95. The third kappa shape index (κ3) is 3.50. The molecule has 0 saturated carbocycles. The molecule has 2 aromatic rings. The number of aromatic amines is 1. The molecule has 0 spiro atoms. The Morgan fingerprint density at radius 3 is 2.94 bits per heavy atom. The molecule has 0 unspecified atom stereocenters. The summed E-state index contributed by atoms with van der Waals surface area (Å²) >= 11 is 2.63. The molecular formula is C9H12N6OS2. The zero-order chi connectivity index (χ0) is 13.0. The lowest BCUT2D eigenvalue weighted by molar-refractivity contribution is -0.113. The molecule has 9 heteroatoms. The van der Waals surface area contributed by atoms with Gasteiger partial charge in [0.25, 0.3) is 0 Å². The number of carbonyl (C=O) groups is 1. The van der Waals surface area contributed by atoms with Gasteiger partial charge in [0.05, 0.1) is 5.75 Å². The number of anilines is 1. The molecule has 18 heavy (non-hydrogen) atoms. The Morgan fingerprint density at radius 2 is 2.33 bits per heavy atom. The predicted octanol–water partition coefficient (Wildman–Crippen LogP) is 1.26. The molecule has 2 heterocycles. The summed E-state index contributed by atoms with van der Waals surface area (Å²) < 4.78 is 0. The molecule has 2 rings (SSSR count). The number of rotatable bonds is 5.